The number of carboxylic acid groups (broad SMARTS) is 1. The molecule has 1 aliphatic rings. The van der Waals surface area contributed by atoms with Crippen LogP contribution in [0.1, 0.15) is 28.0 Å². The fourth-order valence-electron chi connectivity index (χ4n) is 4.29. The zero-order chi connectivity index (χ0) is 23.7. The van der Waals surface area contributed by atoms with Gasteiger partial charge in [0.25, 0.3) is 0 Å². The fourth-order valence-corrected chi connectivity index (χ4v) is 5.61. The number of carbonyl (C=O) groups is 2. The van der Waals surface area contributed by atoms with E-state index in [9.17, 15) is 14.7 Å². The fraction of sp³-hybridized carbons (Fsp3) is 0.111. The van der Waals surface area contributed by atoms with Crippen molar-refractivity contribution in [3.8, 4) is 21.6 Å². The maximum atomic E-state index is 12.6. The van der Waals surface area contributed by atoms with Crippen LogP contribution in [0.25, 0.3) is 21.6 Å². The first-order valence-electron chi connectivity index (χ1n) is 10.7. The lowest BCUT2D eigenvalue weighted by Gasteiger charge is -2.17. The van der Waals surface area contributed by atoms with Crippen molar-refractivity contribution in [1.29, 1.82) is 0 Å². The number of halogens is 1. The Bertz CT molecular complexity index is 1320. The van der Waals surface area contributed by atoms with Crippen molar-refractivity contribution in [2.24, 2.45) is 0 Å². The van der Waals surface area contributed by atoms with Gasteiger partial charge < -0.3 is 15.2 Å². The monoisotopic (exact) mass is 533 g/mol. The largest absolute Gasteiger partial charge is 0.479 e. The number of fused-ring (bicyclic) bond motifs is 3. The lowest BCUT2D eigenvalue weighted by Crippen LogP contribution is -2.34. The standard InChI is InChI=1S/C27H20BrNO4S/c28-17-11-9-16(10-12-17)23-13-14-24(34-23)25(26(30)31)29-27(32)33-15-22-20-7-3-1-5-18(20)19-6-2-4-8-21(19)22/h1-14,22,25H,15H2,(H,29,32)(H,30,31). The first kappa shape index (κ1) is 22.4. The third-order valence-corrected chi connectivity index (χ3v) is 7.62. The number of nitrogens with one attached hydrogen (secondary N) is 1. The first-order valence-corrected chi connectivity index (χ1v) is 12.3. The van der Waals surface area contributed by atoms with Gasteiger partial charge in [0.1, 0.15) is 6.61 Å². The third kappa shape index (κ3) is 4.36. The van der Waals surface area contributed by atoms with E-state index in [-0.39, 0.29) is 12.5 Å². The van der Waals surface area contributed by atoms with Gasteiger partial charge in [-0.05, 0) is 52.1 Å². The highest BCUT2D eigenvalue weighted by molar-refractivity contribution is 9.10. The summed E-state index contributed by atoms with van der Waals surface area (Å²) in [5.74, 6) is -1.23. The van der Waals surface area contributed by atoms with Crippen LogP contribution in [-0.2, 0) is 9.53 Å². The number of thiophene rings is 1. The minimum atomic E-state index is -1.19. The zero-order valence-electron chi connectivity index (χ0n) is 17.9. The van der Waals surface area contributed by atoms with E-state index in [0.29, 0.717) is 4.88 Å². The molecule has 0 fully saturated rings. The summed E-state index contributed by atoms with van der Waals surface area (Å²) >= 11 is 4.74. The van der Waals surface area contributed by atoms with E-state index in [4.69, 9.17) is 4.74 Å². The van der Waals surface area contributed by atoms with Gasteiger partial charge in [0.2, 0.25) is 0 Å². The highest BCUT2D eigenvalue weighted by Crippen LogP contribution is 2.44. The molecule has 0 saturated carbocycles. The topological polar surface area (TPSA) is 75.6 Å². The highest BCUT2D eigenvalue weighted by Gasteiger charge is 2.30. The number of ether oxygens (including phenoxy) is 1. The molecule has 170 valence electrons. The van der Waals surface area contributed by atoms with Crippen LogP contribution in [0, 0.1) is 0 Å². The molecule has 0 aliphatic heterocycles. The molecule has 2 N–H and O–H groups in total. The minimum Gasteiger partial charge on any atom is -0.479 e. The molecule has 34 heavy (non-hydrogen) atoms. The van der Waals surface area contributed by atoms with Gasteiger partial charge in [-0.15, -0.1) is 11.3 Å². The number of amides is 1. The Morgan fingerprint density at radius 1 is 0.912 bits per heavy atom. The summed E-state index contributed by atoms with van der Waals surface area (Å²) in [6, 6.07) is 26.3. The highest BCUT2D eigenvalue weighted by atomic mass is 79.9. The molecule has 5 nitrogen and oxygen atoms in total. The van der Waals surface area contributed by atoms with Crippen LogP contribution in [0.5, 0.6) is 0 Å². The van der Waals surface area contributed by atoms with Crippen molar-refractivity contribution in [3.05, 3.63) is 105 Å². The lowest BCUT2D eigenvalue weighted by molar-refractivity contribution is -0.139. The molecule has 3 aromatic carbocycles. The van der Waals surface area contributed by atoms with Gasteiger partial charge >= 0.3 is 12.1 Å². The number of rotatable bonds is 6. The number of benzene rings is 3. The number of aliphatic carboxylic acids is 1. The molecule has 1 aliphatic carbocycles. The van der Waals surface area contributed by atoms with Crippen molar-refractivity contribution in [2.75, 3.05) is 6.61 Å². The summed E-state index contributed by atoms with van der Waals surface area (Å²) in [5.41, 5.74) is 5.45. The summed E-state index contributed by atoms with van der Waals surface area (Å²) in [6.45, 7) is 0.126. The average molecular weight is 534 g/mol. The van der Waals surface area contributed by atoms with Crippen molar-refractivity contribution in [3.63, 3.8) is 0 Å². The van der Waals surface area contributed by atoms with E-state index in [1.54, 1.807) is 6.07 Å². The molecule has 0 bridgehead atoms. The van der Waals surface area contributed by atoms with Gasteiger partial charge in [-0.25, -0.2) is 9.59 Å². The van der Waals surface area contributed by atoms with Crippen LogP contribution in [0.4, 0.5) is 4.79 Å². The molecular weight excluding hydrogens is 514 g/mol. The quantitative estimate of drug-likeness (QED) is 0.284. The first-order chi connectivity index (χ1) is 16.5. The predicted octanol–water partition coefficient (Wildman–Crippen LogP) is 6.84. The molecule has 0 radical (unpaired) electrons. The van der Waals surface area contributed by atoms with E-state index in [2.05, 4.69) is 33.4 Å². The molecule has 0 saturated heterocycles. The van der Waals surface area contributed by atoms with Crippen LogP contribution in [0.3, 0.4) is 0 Å². The van der Waals surface area contributed by atoms with Crippen LogP contribution in [-0.4, -0.2) is 23.8 Å². The minimum absolute atomic E-state index is 0.0906. The van der Waals surface area contributed by atoms with E-state index in [0.717, 1.165) is 37.2 Å². The van der Waals surface area contributed by atoms with Gasteiger partial charge in [0.05, 0.1) is 0 Å². The predicted molar refractivity (Wildman–Crippen MR) is 136 cm³/mol. The van der Waals surface area contributed by atoms with Gasteiger partial charge in [0, 0.05) is 20.1 Å². The second-order valence-corrected chi connectivity index (χ2v) is 9.98. The Hall–Kier alpha value is -3.42. The number of hydrogen-bond acceptors (Lipinski definition) is 4. The summed E-state index contributed by atoms with van der Waals surface area (Å²) in [7, 11) is 0. The van der Waals surface area contributed by atoms with Crippen LogP contribution in [0.15, 0.2) is 89.4 Å². The third-order valence-electron chi connectivity index (χ3n) is 5.89. The Balaban J connectivity index is 1.29. The summed E-state index contributed by atoms with van der Waals surface area (Å²) in [5, 5.41) is 12.3. The molecule has 1 amide bonds. The van der Waals surface area contributed by atoms with Gasteiger partial charge in [-0.2, -0.15) is 0 Å². The van der Waals surface area contributed by atoms with Crippen LogP contribution >= 0.6 is 27.3 Å². The second-order valence-electron chi connectivity index (χ2n) is 7.95. The van der Waals surface area contributed by atoms with Crippen molar-refractivity contribution in [2.45, 2.75) is 12.0 Å². The van der Waals surface area contributed by atoms with E-state index in [1.807, 2.05) is 66.7 Å². The molecule has 1 unspecified atom stereocenters. The Labute approximate surface area is 209 Å². The number of hydrogen-bond donors (Lipinski definition) is 2. The molecule has 5 rings (SSSR count). The Morgan fingerprint density at radius 3 is 2.15 bits per heavy atom. The van der Waals surface area contributed by atoms with Crippen molar-refractivity contribution < 1.29 is 19.4 Å². The van der Waals surface area contributed by atoms with Gasteiger partial charge in [-0.1, -0.05) is 76.6 Å². The lowest BCUT2D eigenvalue weighted by atomic mass is 9.98. The van der Waals surface area contributed by atoms with Gasteiger partial charge in [0.15, 0.2) is 6.04 Å². The Morgan fingerprint density at radius 2 is 1.53 bits per heavy atom. The van der Waals surface area contributed by atoms with Gasteiger partial charge in [-0.3, -0.25) is 0 Å². The maximum Gasteiger partial charge on any atom is 0.408 e. The smallest absolute Gasteiger partial charge is 0.408 e. The van der Waals surface area contributed by atoms with Crippen LogP contribution < -0.4 is 5.32 Å². The molecular formula is C27H20BrNO4S. The zero-order valence-corrected chi connectivity index (χ0v) is 20.3. The second kappa shape index (κ2) is 9.44. The van der Waals surface area contributed by atoms with E-state index in [1.165, 1.54) is 11.3 Å². The van der Waals surface area contributed by atoms with E-state index < -0.39 is 18.1 Å². The number of carbonyl (C=O) groups excluding carboxylic acids is 1. The maximum absolute atomic E-state index is 12.6. The molecule has 4 aromatic rings. The Kier molecular flexibility index (Phi) is 6.22. The van der Waals surface area contributed by atoms with Crippen molar-refractivity contribution >= 4 is 39.3 Å². The SMILES string of the molecule is O=C(NC(C(=O)O)c1ccc(-c2ccc(Br)cc2)s1)OCC1c2ccccc2-c2ccccc21. The summed E-state index contributed by atoms with van der Waals surface area (Å²) in [4.78, 5) is 26.0. The number of carboxylic acids is 1. The molecule has 1 aromatic heterocycles. The number of alkyl carbamates (subject to hydrolysis) is 1. The normalized spacial score (nSPS) is 13.1. The summed E-state index contributed by atoms with van der Waals surface area (Å²) < 4.78 is 6.50. The average Bonchev–Trinajstić information content (AvgIpc) is 3.45. The van der Waals surface area contributed by atoms with E-state index >= 15 is 0 Å². The van der Waals surface area contributed by atoms with Crippen LogP contribution in [0.2, 0.25) is 0 Å². The summed E-state index contributed by atoms with van der Waals surface area (Å²) in [6.07, 6.45) is -0.757. The molecule has 1 heterocycles. The molecule has 0 spiro atoms. The molecule has 1 atom stereocenters. The van der Waals surface area contributed by atoms with Crippen molar-refractivity contribution in [1.82, 2.24) is 5.32 Å². The molecule has 7 heteroatoms.